The van der Waals surface area contributed by atoms with Crippen LogP contribution in [-0.4, -0.2) is 47.8 Å². The molecule has 1 aromatic rings. The molecule has 1 atom stereocenters. The van der Waals surface area contributed by atoms with Crippen LogP contribution in [0.3, 0.4) is 0 Å². The van der Waals surface area contributed by atoms with Crippen molar-refractivity contribution in [3.63, 3.8) is 0 Å². The standard InChI is InChI=1S/C20H31N3O2/c24-19(16-7-3-1-4-8-16)15-23-13-11-18(12-14-23)22-20(25)21-17-9-5-2-6-10-17/h1,3-4,7-8,17-19,24H,2,5-6,9-15H2,(H2,21,22,25). The van der Waals surface area contributed by atoms with Crippen molar-refractivity contribution < 1.29 is 9.90 Å². The molecule has 2 fully saturated rings. The van der Waals surface area contributed by atoms with Gasteiger partial charge in [-0.15, -0.1) is 0 Å². The lowest BCUT2D eigenvalue weighted by Crippen LogP contribution is -2.50. The second-order valence-corrected chi connectivity index (χ2v) is 7.45. The molecule has 1 unspecified atom stereocenters. The summed E-state index contributed by atoms with van der Waals surface area (Å²) in [7, 11) is 0. The maximum atomic E-state index is 12.1. The molecular formula is C20H31N3O2. The summed E-state index contributed by atoms with van der Waals surface area (Å²) in [4.78, 5) is 14.4. The van der Waals surface area contributed by atoms with Gasteiger partial charge in [0.2, 0.25) is 0 Å². The predicted octanol–water partition coefficient (Wildman–Crippen LogP) is 2.82. The Hall–Kier alpha value is -1.59. The first-order valence-corrected chi connectivity index (χ1v) is 9.73. The summed E-state index contributed by atoms with van der Waals surface area (Å²) in [6, 6.07) is 10.4. The van der Waals surface area contributed by atoms with Gasteiger partial charge in [-0.05, 0) is 31.2 Å². The highest BCUT2D eigenvalue weighted by atomic mass is 16.3. The first-order valence-electron chi connectivity index (χ1n) is 9.73. The number of aliphatic hydroxyl groups excluding tert-OH is 1. The van der Waals surface area contributed by atoms with Gasteiger partial charge in [0.1, 0.15) is 0 Å². The highest BCUT2D eigenvalue weighted by Crippen LogP contribution is 2.19. The van der Waals surface area contributed by atoms with E-state index >= 15 is 0 Å². The number of carbonyl (C=O) groups is 1. The van der Waals surface area contributed by atoms with E-state index in [0.717, 1.165) is 44.3 Å². The van der Waals surface area contributed by atoms with E-state index in [-0.39, 0.29) is 12.1 Å². The van der Waals surface area contributed by atoms with Gasteiger partial charge in [-0.3, -0.25) is 0 Å². The third kappa shape index (κ3) is 5.72. The average molecular weight is 345 g/mol. The van der Waals surface area contributed by atoms with Gasteiger partial charge in [0.05, 0.1) is 6.10 Å². The number of amides is 2. The van der Waals surface area contributed by atoms with Crippen LogP contribution in [0.2, 0.25) is 0 Å². The average Bonchev–Trinajstić information content (AvgIpc) is 2.65. The number of nitrogens with zero attached hydrogens (tertiary/aromatic N) is 1. The van der Waals surface area contributed by atoms with E-state index in [0.29, 0.717) is 12.6 Å². The molecule has 3 N–H and O–H groups in total. The largest absolute Gasteiger partial charge is 0.387 e. The van der Waals surface area contributed by atoms with Crippen LogP contribution in [0.25, 0.3) is 0 Å². The Kier molecular flexibility index (Phi) is 6.70. The molecule has 2 amide bonds. The molecule has 0 spiro atoms. The monoisotopic (exact) mass is 345 g/mol. The Morgan fingerprint density at radius 3 is 2.24 bits per heavy atom. The van der Waals surface area contributed by atoms with Crippen LogP contribution in [0.1, 0.15) is 56.6 Å². The highest BCUT2D eigenvalue weighted by Gasteiger charge is 2.23. The number of likely N-dealkylation sites (tertiary alicyclic amines) is 1. The fraction of sp³-hybridized carbons (Fsp3) is 0.650. The minimum absolute atomic E-state index is 0.00493. The highest BCUT2D eigenvalue weighted by molar-refractivity contribution is 5.74. The third-order valence-electron chi connectivity index (χ3n) is 5.48. The number of benzene rings is 1. The molecule has 1 saturated carbocycles. The SMILES string of the molecule is O=C(NC1CCCCC1)NC1CCN(CC(O)c2ccccc2)CC1. The van der Waals surface area contributed by atoms with E-state index in [4.69, 9.17) is 0 Å². The minimum Gasteiger partial charge on any atom is -0.387 e. The van der Waals surface area contributed by atoms with E-state index in [9.17, 15) is 9.90 Å². The molecule has 1 heterocycles. The fourth-order valence-electron chi connectivity index (χ4n) is 3.94. The van der Waals surface area contributed by atoms with Gasteiger partial charge in [0, 0.05) is 31.7 Å². The fourth-order valence-corrected chi connectivity index (χ4v) is 3.94. The third-order valence-corrected chi connectivity index (χ3v) is 5.48. The van der Waals surface area contributed by atoms with Crippen LogP contribution in [0.4, 0.5) is 4.79 Å². The van der Waals surface area contributed by atoms with Gasteiger partial charge in [0.15, 0.2) is 0 Å². The van der Waals surface area contributed by atoms with Crippen LogP contribution in [0, 0.1) is 0 Å². The van der Waals surface area contributed by atoms with E-state index in [1.165, 1.54) is 19.3 Å². The van der Waals surface area contributed by atoms with Crippen molar-refractivity contribution >= 4 is 6.03 Å². The molecule has 1 aliphatic carbocycles. The zero-order valence-electron chi connectivity index (χ0n) is 15.0. The van der Waals surface area contributed by atoms with Crippen LogP contribution in [0.5, 0.6) is 0 Å². The van der Waals surface area contributed by atoms with E-state index in [2.05, 4.69) is 15.5 Å². The molecule has 2 aliphatic rings. The molecule has 138 valence electrons. The molecule has 0 aromatic heterocycles. The summed E-state index contributed by atoms with van der Waals surface area (Å²) in [5.74, 6) is 0. The minimum atomic E-state index is -0.444. The van der Waals surface area contributed by atoms with Crippen LogP contribution in [-0.2, 0) is 0 Å². The van der Waals surface area contributed by atoms with Crippen LogP contribution in [0.15, 0.2) is 30.3 Å². The van der Waals surface area contributed by atoms with Crippen molar-refractivity contribution in [2.24, 2.45) is 0 Å². The molecule has 1 saturated heterocycles. The molecule has 0 radical (unpaired) electrons. The predicted molar refractivity (Wildman–Crippen MR) is 99.4 cm³/mol. The van der Waals surface area contributed by atoms with Gasteiger partial charge >= 0.3 is 6.03 Å². The first-order chi connectivity index (χ1) is 12.2. The Morgan fingerprint density at radius 2 is 1.60 bits per heavy atom. The topological polar surface area (TPSA) is 64.6 Å². The molecule has 3 rings (SSSR count). The summed E-state index contributed by atoms with van der Waals surface area (Å²) < 4.78 is 0. The molecule has 5 nitrogen and oxygen atoms in total. The number of urea groups is 1. The van der Waals surface area contributed by atoms with Crippen molar-refractivity contribution in [3.05, 3.63) is 35.9 Å². The number of hydrogen-bond donors (Lipinski definition) is 3. The Balaban J connectivity index is 1.36. The molecule has 1 aliphatic heterocycles. The lowest BCUT2D eigenvalue weighted by atomic mass is 9.96. The second-order valence-electron chi connectivity index (χ2n) is 7.45. The summed E-state index contributed by atoms with van der Waals surface area (Å²) >= 11 is 0. The van der Waals surface area contributed by atoms with Crippen molar-refractivity contribution in [3.8, 4) is 0 Å². The quantitative estimate of drug-likeness (QED) is 0.769. The molecular weight excluding hydrogens is 314 g/mol. The number of aliphatic hydroxyl groups is 1. The number of β-amino-alcohol motifs (C(OH)–C–C–N with tert-alkyl or cyclic N) is 1. The smallest absolute Gasteiger partial charge is 0.315 e. The maximum absolute atomic E-state index is 12.1. The summed E-state index contributed by atoms with van der Waals surface area (Å²) in [6.07, 6.45) is 7.43. The van der Waals surface area contributed by atoms with Gasteiger partial charge in [-0.2, -0.15) is 0 Å². The van der Waals surface area contributed by atoms with Crippen molar-refractivity contribution in [1.29, 1.82) is 0 Å². The zero-order valence-corrected chi connectivity index (χ0v) is 15.0. The lowest BCUT2D eigenvalue weighted by molar-refractivity contribution is 0.0948. The number of nitrogens with one attached hydrogen (secondary N) is 2. The summed E-state index contributed by atoms with van der Waals surface area (Å²) in [5.41, 5.74) is 0.967. The molecule has 25 heavy (non-hydrogen) atoms. The van der Waals surface area contributed by atoms with Crippen molar-refractivity contribution in [1.82, 2.24) is 15.5 Å². The van der Waals surface area contributed by atoms with Gasteiger partial charge in [-0.25, -0.2) is 4.79 Å². The Morgan fingerprint density at radius 1 is 1.00 bits per heavy atom. The Bertz CT molecular complexity index is 523. The number of hydrogen-bond acceptors (Lipinski definition) is 3. The normalized spacial score (nSPS) is 21.6. The summed E-state index contributed by atoms with van der Waals surface area (Å²) in [6.45, 7) is 2.49. The van der Waals surface area contributed by atoms with Crippen molar-refractivity contribution in [2.75, 3.05) is 19.6 Å². The van der Waals surface area contributed by atoms with E-state index in [1.807, 2.05) is 30.3 Å². The van der Waals surface area contributed by atoms with Crippen LogP contribution >= 0.6 is 0 Å². The summed E-state index contributed by atoms with van der Waals surface area (Å²) in [5, 5.41) is 16.6. The second kappa shape index (κ2) is 9.20. The van der Waals surface area contributed by atoms with E-state index < -0.39 is 6.10 Å². The first kappa shape index (κ1) is 18.2. The van der Waals surface area contributed by atoms with Crippen molar-refractivity contribution in [2.45, 2.75) is 63.1 Å². The van der Waals surface area contributed by atoms with Gasteiger partial charge in [-0.1, -0.05) is 49.6 Å². The van der Waals surface area contributed by atoms with Gasteiger partial charge < -0.3 is 20.6 Å². The maximum Gasteiger partial charge on any atom is 0.315 e. The van der Waals surface area contributed by atoms with Gasteiger partial charge in [0.25, 0.3) is 0 Å². The zero-order chi connectivity index (χ0) is 17.5. The van der Waals surface area contributed by atoms with Crippen LogP contribution < -0.4 is 10.6 Å². The number of rotatable bonds is 5. The Labute approximate surface area is 150 Å². The number of piperidine rings is 1. The lowest BCUT2D eigenvalue weighted by Gasteiger charge is -2.34. The van der Waals surface area contributed by atoms with E-state index in [1.54, 1.807) is 0 Å². The molecule has 1 aromatic carbocycles. The number of carbonyl (C=O) groups excluding carboxylic acids is 1. The molecule has 5 heteroatoms. The molecule has 0 bridgehead atoms.